The first kappa shape index (κ1) is 16.3. The Kier molecular flexibility index (Phi) is 5.77. The molecule has 22 heavy (non-hydrogen) atoms. The SMILES string of the molecule is CCCn1cc(CNCC2CCNCC2)c2cc(I)ccc21. The number of fused-ring (bicyclic) bond motifs is 1. The van der Waals surface area contributed by atoms with Gasteiger partial charge in [-0.25, -0.2) is 0 Å². The van der Waals surface area contributed by atoms with E-state index in [1.807, 2.05) is 0 Å². The van der Waals surface area contributed by atoms with E-state index in [-0.39, 0.29) is 0 Å². The molecule has 1 aliphatic rings. The number of aromatic nitrogens is 1. The van der Waals surface area contributed by atoms with Crippen LogP contribution >= 0.6 is 22.6 Å². The number of piperidine rings is 1. The summed E-state index contributed by atoms with van der Waals surface area (Å²) in [6.45, 7) is 7.84. The van der Waals surface area contributed by atoms with Crippen LogP contribution < -0.4 is 10.6 Å². The summed E-state index contributed by atoms with van der Waals surface area (Å²) < 4.78 is 3.73. The first-order valence-electron chi connectivity index (χ1n) is 8.46. The van der Waals surface area contributed by atoms with Gasteiger partial charge in [-0.3, -0.25) is 0 Å². The summed E-state index contributed by atoms with van der Waals surface area (Å²) in [4.78, 5) is 0. The van der Waals surface area contributed by atoms with Gasteiger partial charge in [0, 0.05) is 33.8 Å². The summed E-state index contributed by atoms with van der Waals surface area (Å²) >= 11 is 2.41. The second kappa shape index (κ2) is 7.79. The molecule has 3 rings (SSSR count). The van der Waals surface area contributed by atoms with Gasteiger partial charge < -0.3 is 15.2 Å². The molecule has 0 bridgehead atoms. The second-order valence-electron chi connectivity index (χ2n) is 6.33. The zero-order chi connectivity index (χ0) is 15.4. The summed E-state index contributed by atoms with van der Waals surface area (Å²) in [7, 11) is 0. The normalized spacial score (nSPS) is 16.5. The molecular weight excluding hydrogens is 385 g/mol. The number of rotatable bonds is 6. The molecule has 0 atom stereocenters. The van der Waals surface area contributed by atoms with Gasteiger partial charge in [0.2, 0.25) is 0 Å². The molecule has 2 heterocycles. The van der Waals surface area contributed by atoms with E-state index in [4.69, 9.17) is 0 Å². The lowest BCUT2D eigenvalue weighted by Gasteiger charge is -2.22. The highest BCUT2D eigenvalue weighted by atomic mass is 127. The van der Waals surface area contributed by atoms with E-state index in [0.717, 1.165) is 25.6 Å². The van der Waals surface area contributed by atoms with Gasteiger partial charge in [0.25, 0.3) is 0 Å². The lowest BCUT2D eigenvalue weighted by Crippen LogP contribution is -2.33. The molecule has 2 aromatic rings. The Morgan fingerprint density at radius 2 is 2.14 bits per heavy atom. The summed E-state index contributed by atoms with van der Waals surface area (Å²) in [6.07, 6.45) is 6.14. The van der Waals surface area contributed by atoms with E-state index in [9.17, 15) is 0 Å². The summed E-state index contributed by atoms with van der Waals surface area (Å²) in [5, 5.41) is 8.55. The molecular formula is C18H26IN3. The van der Waals surface area contributed by atoms with Crippen molar-refractivity contribution >= 4 is 33.5 Å². The number of nitrogens with zero attached hydrogens (tertiary/aromatic N) is 1. The van der Waals surface area contributed by atoms with Crippen LogP contribution in [-0.4, -0.2) is 24.2 Å². The highest BCUT2D eigenvalue weighted by Crippen LogP contribution is 2.24. The van der Waals surface area contributed by atoms with Crippen molar-refractivity contribution in [2.24, 2.45) is 5.92 Å². The molecule has 0 spiro atoms. The maximum atomic E-state index is 3.69. The zero-order valence-electron chi connectivity index (χ0n) is 13.4. The third kappa shape index (κ3) is 3.84. The van der Waals surface area contributed by atoms with Gasteiger partial charge in [-0.2, -0.15) is 0 Å². The van der Waals surface area contributed by atoms with Crippen LogP contribution in [0.4, 0.5) is 0 Å². The Bertz CT molecular complexity index is 614. The van der Waals surface area contributed by atoms with Gasteiger partial charge in [-0.1, -0.05) is 6.92 Å². The van der Waals surface area contributed by atoms with Crippen molar-refractivity contribution in [1.82, 2.24) is 15.2 Å². The number of benzene rings is 1. The number of nitrogens with one attached hydrogen (secondary N) is 2. The Balaban J connectivity index is 1.70. The van der Waals surface area contributed by atoms with Gasteiger partial charge in [0.15, 0.2) is 0 Å². The Labute approximate surface area is 147 Å². The zero-order valence-corrected chi connectivity index (χ0v) is 15.5. The summed E-state index contributed by atoms with van der Waals surface area (Å²) in [5.41, 5.74) is 2.82. The minimum atomic E-state index is 0.838. The Morgan fingerprint density at radius 1 is 1.32 bits per heavy atom. The molecule has 0 radical (unpaired) electrons. The molecule has 1 fully saturated rings. The smallest absolute Gasteiger partial charge is 0.0484 e. The van der Waals surface area contributed by atoms with Gasteiger partial charge >= 0.3 is 0 Å². The maximum absolute atomic E-state index is 3.69. The van der Waals surface area contributed by atoms with Crippen molar-refractivity contribution in [2.75, 3.05) is 19.6 Å². The molecule has 0 aliphatic carbocycles. The topological polar surface area (TPSA) is 29.0 Å². The largest absolute Gasteiger partial charge is 0.347 e. The average Bonchev–Trinajstić information content (AvgIpc) is 2.86. The average molecular weight is 411 g/mol. The Hall–Kier alpha value is -0.590. The molecule has 1 aromatic heterocycles. The minimum absolute atomic E-state index is 0.838. The molecule has 1 saturated heterocycles. The second-order valence-corrected chi connectivity index (χ2v) is 7.58. The van der Waals surface area contributed by atoms with Crippen LogP contribution in [0.5, 0.6) is 0 Å². The van der Waals surface area contributed by atoms with Crippen molar-refractivity contribution in [3.63, 3.8) is 0 Å². The van der Waals surface area contributed by atoms with E-state index in [0.29, 0.717) is 0 Å². The maximum Gasteiger partial charge on any atom is 0.0484 e. The summed E-state index contributed by atoms with van der Waals surface area (Å²) in [6, 6.07) is 6.80. The van der Waals surface area contributed by atoms with E-state index >= 15 is 0 Å². The van der Waals surface area contributed by atoms with Crippen molar-refractivity contribution in [3.05, 3.63) is 33.5 Å². The van der Waals surface area contributed by atoms with E-state index < -0.39 is 0 Å². The lowest BCUT2D eigenvalue weighted by atomic mass is 9.98. The predicted molar refractivity (Wildman–Crippen MR) is 102 cm³/mol. The molecule has 2 N–H and O–H groups in total. The lowest BCUT2D eigenvalue weighted by molar-refractivity contribution is 0.356. The first-order valence-corrected chi connectivity index (χ1v) is 9.54. The van der Waals surface area contributed by atoms with E-state index in [2.05, 4.69) is 69.1 Å². The fourth-order valence-corrected chi connectivity index (χ4v) is 3.90. The number of aryl methyl sites for hydroxylation is 1. The van der Waals surface area contributed by atoms with E-state index in [1.54, 1.807) is 0 Å². The van der Waals surface area contributed by atoms with Crippen LogP contribution in [0.3, 0.4) is 0 Å². The number of hydrogen-bond donors (Lipinski definition) is 2. The highest BCUT2D eigenvalue weighted by molar-refractivity contribution is 14.1. The third-order valence-electron chi connectivity index (χ3n) is 4.60. The molecule has 3 nitrogen and oxygen atoms in total. The molecule has 1 aromatic carbocycles. The van der Waals surface area contributed by atoms with Gasteiger partial charge in [0.05, 0.1) is 0 Å². The quantitative estimate of drug-likeness (QED) is 0.710. The number of hydrogen-bond acceptors (Lipinski definition) is 2. The van der Waals surface area contributed by atoms with Crippen LogP contribution in [-0.2, 0) is 13.1 Å². The molecule has 0 amide bonds. The van der Waals surface area contributed by atoms with Crippen LogP contribution in [0, 0.1) is 9.49 Å². The molecule has 1 aliphatic heterocycles. The molecule has 120 valence electrons. The first-order chi connectivity index (χ1) is 10.8. The Morgan fingerprint density at radius 3 is 2.91 bits per heavy atom. The van der Waals surface area contributed by atoms with Crippen LogP contribution in [0.25, 0.3) is 10.9 Å². The van der Waals surface area contributed by atoms with Crippen LogP contribution in [0.2, 0.25) is 0 Å². The number of halogens is 1. The minimum Gasteiger partial charge on any atom is -0.347 e. The van der Waals surface area contributed by atoms with Crippen molar-refractivity contribution < 1.29 is 0 Å². The summed E-state index contributed by atoms with van der Waals surface area (Å²) in [5.74, 6) is 0.838. The van der Waals surface area contributed by atoms with Gasteiger partial charge in [0.1, 0.15) is 0 Å². The monoisotopic (exact) mass is 411 g/mol. The molecule has 0 saturated carbocycles. The van der Waals surface area contributed by atoms with Crippen LogP contribution in [0.15, 0.2) is 24.4 Å². The van der Waals surface area contributed by atoms with Gasteiger partial charge in [-0.15, -0.1) is 0 Å². The van der Waals surface area contributed by atoms with Crippen molar-refractivity contribution in [1.29, 1.82) is 0 Å². The van der Waals surface area contributed by atoms with Gasteiger partial charge in [-0.05, 0) is 91.2 Å². The fraction of sp³-hybridized carbons (Fsp3) is 0.556. The molecule has 4 heteroatoms. The van der Waals surface area contributed by atoms with Crippen molar-refractivity contribution in [2.45, 2.75) is 39.3 Å². The molecule has 0 unspecified atom stereocenters. The standard InChI is InChI=1S/C18H26IN3/c1-2-9-22-13-15(17-10-16(19)3-4-18(17)22)12-21-11-14-5-7-20-8-6-14/h3-4,10,13-14,20-21H,2,5-9,11-12H2,1H3. The van der Waals surface area contributed by atoms with Crippen molar-refractivity contribution in [3.8, 4) is 0 Å². The predicted octanol–water partition coefficient (Wildman–Crippen LogP) is 3.75. The highest BCUT2D eigenvalue weighted by Gasteiger charge is 2.13. The van der Waals surface area contributed by atoms with Crippen LogP contribution in [0.1, 0.15) is 31.7 Å². The van der Waals surface area contributed by atoms with E-state index in [1.165, 1.54) is 52.4 Å². The fourth-order valence-electron chi connectivity index (χ4n) is 3.41. The third-order valence-corrected chi connectivity index (χ3v) is 5.27.